The van der Waals surface area contributed by atoms with E-state index in [-0.39, 0.29) is 5.76 Å². The Morgan fingerprint density at radius 1 is 1.62 bits per heavy atom. The van der Waals surface area contributed by atoms with Gasteiger partial charge in [-0.25, -0.2) is 4.79 Å². The highest BCUT2D eigenvalue weighted by atomic mass is 16.4. The first-order chi connectivity index (χ1) is 7.56. The predicted molar refractivity (Wildman–Crippen MR) is 59.4 cm³/mol. The van der Waals surface area contributed by atoms with Crippen LogP contribution in [0, 0.1) is 12.8 Å². The zero-order valence-corrected chi connectivity index (χ0v) is 9.62. The highest BCUT2D eigenvalue weighted by molar-refractivity contribution is 5.86. The second-order valence-electron chi connectivity index (χ2n) is 4.68. The van der Waals surface area contributed by atoms with E-state index in [1.54, 1.807) is 13.0 Å². The lowest BCUT2D eigenvalue weighted by Crippen LogP contribution is -2.39. The van der Waals surface area contributed by atoms with E-state index >= 15 is 0 Å². The van der Waals surface area contributed by atoms with Crippen molar-refractivity contribution >= 4 is 5.97 Å². The Morgan fingerprint density at radius 2 is 2.31 bits per heavy atom. The van der Waals surface area contributed by atoms with Gasteiger partial charge in [-0.05, 0) is 31.7 Å². The highest BCUT2D eigenvalue weighted by Crippen LogP contribution is 2.26. The summed E-state index contributed by atoms with van der Waals surface area (Å²) >= 11 is 0. The van der Waals surface area contributed by atoms with Crippen molar-refractivity contribution in [1.29, 1.82) is 0 Å². The van der Waals surface area contributed by atoms with Gasteiger partial charge in [-0.1, -0.05) is 6.92 Å². The Bertz CT molecular complexity index is 391. The molecule has 4 nitrogen and oxygen atoms in total. The molecule has 0 bridgehead atoms. The maximum atomic E-state index is 10.8. The number of nitrogens with one attached hydrogen (secondary N) is 1. The molecule has 0 amide bonds. The standard InChI is InChI=1S/C12H17NO3/c1-7-3-9(4-7)13-6-10-5-8(2)11(16-10)12(14)15/h5,7,9,13H,3-4,6H2,1-2H3,(H,14,15). The molecule has 1 fully saturated rings. The molecule has 0 saturated heterocycles. The second kappa shape index (κ2) is 4.29. The van der Waals surface area contributed by atoms with Crippen molar-refractivity contribution in [2.75, 3.05) is 0 Å². The van der Waals surface area contributed by atoms with E-state index in [1.807, 2.05) is 0 Å². The van der Waals surface area contributed by atoms with Crippen molar-refractivity contribution in [3.63, 3.8) is 0 Å². The number of rotatable bonds is 4. The third-order valence-corrected chi connectivity index (χ3v) is 3.10. The molecule has 1 saturated carbocycles. The van der Waals surface area contributed by atoms with Crippen LogP contribution in [0.3, 0.4) is 0 Å². The van der Waals surface area contributed by atoms with Gasteiger partial charge in [-0.15, -0.1) is 0 Å². The average Bonchev–Trinajstić information content (AvgIpc) is 2.53. The zero-order chi connectivity index (χ0) is 11.7. The molecule has 0 aliphatic heterocycles. The first kappa shape index (κ1) is 11.2. The van der Waals surface area contributed by atoms with Gasteiger partial charge in [0, 0.05) is 11.6 Å². The summed E-state index contributed by atoms with van der Waals surface area (Å²) in [5.41, 5.74) is 0.686. The lowest BCUT2D eigenvalue weighted by atomic mass is 9.82. The normalized spacial score (nSPS) is 24.1. The van der Waals surface area contributed by atoms with E-state index < -0.39 is 5.97 Å². The van der Waals surface area contributed by atoms with E-state index in [0.717, 1.165) is 5.92 Å². The highest BCUT2D eigenvalue weighted by Gasteiger charge is 2.25. The lowest BCUT2D eigenvalue weighted by molar-refractivity contribution is 0.0659. The maximum absolute atomic E-state index is 10.8. The predicted octanol–water partition coefficient (Wildman–Crippen LogP) is 2.17. The van der Waals surface area contributed by atoms with Crippen LogP contribution in [0.2, 0.25) is 0 Å². The van der Waals surface area contributed by atoms with Gasteiger partial charge < -0.3 is 14.8 Å². The van der Waals surface area contributed by atoms with Crippen LogP contribution < -0.4 is 5.32 Å². The van der Waals surface area contributed by atoms with Crippen molar-refractivity contribution in [3.05, 3.63) is 23.2 Å². The van der Waals surface area contributed by atoms with Crippen molar-refractivity contribution in [2.45, 2.75) is 39.3 Å². The molecule has 0 spiro atoms. The van der Waals surface area contributed by atoms with Gasteiger partial charge in [-0.3, -0.25) is 0 Å². The fraction of sp³-hybridized carbons (Fsp3) is 0.583. The minimum atomic E-state index is -0.999. The molecule has 1 aromatic rings. The number of carbonyl (C=O) groups is 1. The van der Waals surface area contributed by atoms with Crippen LogP contribution in [0.1, 0.15) is 41.6 Å². The summed E-state index contributed by atoms with van der Waals surface area (Å²) < 4.78 is 5.26. The molecule has 1 heterocycles. The molecule has 1 aliphatic carbocycles. The average molecular weight is 223 g/mol. The molecule has 4 heteroatoms. The number of carboxylic acids is 1. The summed E-state index contributed by atoms with van der Waals surface area (Å²) in [7, 11) is 0. The zero-order valence-electron chi connectivity index (χ0n) is 9.62. The van der Waals surface area contributed by atoms with Gasteiger partial charge in [0.25, 0.3) is 0 Å². The van der Waals surface area contributed by atoms with Gasteiger partial charge in [-0.2, -0.15) is 0 Å². The van der Waals surface area contributed by atoms with E-state index in [1.165, 1.54) is 12.8 Å². The molecule has 16 heavy (non-hydrogen) atoms. The molecule has 0 radical (unpaired) electrons. The molecule has 0 atom stereocenters. The van der Waals surface area contributed by atoms with Crippen molar-refractivity contribution in [3.8, 4) is 0 Å². The summed E-state index contributed by atoms with van der Waals surface area (Å²) in [4.78, 5) is 10.8. The van der Waals surface area contributed by atoms with Crippen LogP contribution in [0.5, 0.6) is 0 Å². The lowest BCUT2D eigenvalue weighted by Gasteiger charge is -2.33. The van der Waals surface area contributed by atoms with E-state index in [9.17, 15) is 4.79 Å². The summed E-state index contributed by atoms with van der Waals surface area (Å²) in [5, 5.41) is 12.2. The Kier molecular flexibility index (Phi) is 3.01. The first-order valence-corrected chi connectivity index (χ1v) is 5.62. The summed E-state index contributed by atoms with van der Waals surface area (Å²) in [6.07, 6.45) is 2.40. The van der Waals surface area contributed by atoms with Crippen molar-refractivity contribution < 1.29 is 14.3 Å². The van der Waals surface area contributed by atoms with Gasteiger partial charge in [0.2, 0.25) is 5.76 Å². The largest absolute Gasteiger partial charge is 0.475 e. The Hall–Kier alpha value is -1.29. The van der Waals surface area contributed by atoms with Gasteiger partial charge >= 0.3 is 5.97 Å². The molecule has 0 unspecified atom stereocenters. The Balaban J connectivity index is 1.90. The van der Waals surface area contributed by atoms with Crippen LogP contribution in [-0.4, -0.2) is 17.1 Å². The van der Waals surface area contributed by atoms with Crippen molar-refractivity contribution in [1.82, 2.24) is 5.32 Å². The summed E-state index contributed by atoms with van der Waals surface area (Å²) in [6, 6.07) is 2.35. The summed E-state index contributed by atoms with van der Waals surface area (Å²) in [5.74, 6) is 0.569. The van der Waals surface area contributed by atoms with Gasteiger partial charge in [0.1, 0.15) is 5.76 Å². The fourth-order valence-corrected chi connectivity index (χ4v) is 2.16. The molecule has 1 aliphatic rings. The molecule has 2 rings (SSSR count). The monoisotopic (exact) mass is 223 g/mol. The third kappa shape index (κ3) is 2.27. The summed E-state index contributed by atoms with van der Waals surface area (Å²) in [6.45, 7) is 4.60. The SMILES string of the molecule is Cc1cc(CNC2CC(C)C2)oc1C(=O)O. The van der Waals surface area contributed by atoms with Crippen LogP contribution in [0.4, 0.5) is 0 Å². The van der Waals surface area contributed by atoms with Crippen molar-refractivity contribution in [2.24, 2.45) is 5.92 Å². The molecule has 0 aromatic carbocycles. The van der Waals surface area contributed by atoms with E-state index in [4.69, 9.17) is 9.52 Å². The Labute approximate surface area is 94.6 Å². The van der Waals surface area contributed by atoms with Crippen LogP contribution >= 0.6 is 0 Å². The number of aryl methyl sites for hydroxylation is 1. The second-order valence-corrected chi connectivity index (χ2v) is 4.68. The quantitative estimate of drug-likeness (QED) is 0.821. The minimum absolute atomic E-state index is 0.0544. The number of furan rings is 1. The Morgan fingerprint density at radius 3 is 2.81 bits per heavy atom. The van der Waals surface area contributed by atoms with Gasteiger partial charge in [0.05, 0.1) is 6.54 Å². The molecular formula is C12H17NO3. The smallest absolute Gasteiger partial charge is 0.372 e. The number of hydrogen-bond acceptors (Lipinski definition) is 3. The number of aromatic carboxylic acids is 1. The fourth-order valence-electron chi connectivity index (χ4n) is 2.16. The topological polar surface area (TPSA) is 62.5 Å². The third-order valence-electron chi connectivity index (χ3n) is 3.10. The molecule has 1 aromatic heterocycles. The number of carboxylic acid groups (broad SMARTS) is 1. The molecule has 88 valence electrons. The maximum Gasteiger partial charge on any atom is 0.372 e. The number of hydrogen-bond donors (Lipinski definition) is 2. The first-order valence-electron chi connectivity index (χ1n) is 5.62. The van der Waals surface area contributed by atoms with Gasteiger partial charge in [0.15, 0.2) is 0 Å². The molecule has 2 N–H and O–H groups in total. The van der Waals surface area contributed by atoms with Crippen LogP contribution in [0.25, 0.3) is 0 Å². The van der Waals surface area contributed by atoms with E-state index in [2.05, 4.69) is 12.2 Å². The van der Waals surface area contributed by atoms with E-state index in [0.29, 0.717) is 23.9 Å². The molecular weight excluding hydrogens is 206 g/mol. The minimum Gasteiger partial charge on any atom is -0.475 e. The van der Waals surface area contributed by atoms with Crippen LogP contribution in [-0.2, 0) is 6.54 Å². The van der Waals surface area contributed by atoms with Crippen LogP contribution in [0.15, 0.2) is 10.5 Å².